The van der Waals surface area contributed by atoms with Gasteiger partial charge in [-0.1, -0.05) is 18.2 Å². The Morgan fingerprint density at radius 1 is 1.38 bits per heavy atom. The minimum Gasteiger partial charge on any atom is -0.480 e. The minimum absolute atomic E-state index is 0.289. The van der Waals surface area contributed by atoms with Crippen LogP contribution in [0.1, 0.15) is 13.8 Å². The van der Waals surface area contributed by atoms with Crippen molar-refractivity contribution >= 4 is 51.7 Å². The summed E-state index contributed by atoms with van der Waals surface area (Å²) >= 11 is 4.92. The molecule has 4 rings (SSSR count). The molecule has 7 nitrogen and oxygen atoms in total. The highest BCUT2D eigenvalue weighted by molar-refractivity contribution is 9.10. The van der Waals surface area contributed by atoms with E-state index in [1.54, 1.807) is 33.0 Å². The number of carboxylic acids is 1. The van der Waals surface area contributed by atoms with Gasteiger partial charge in [0.25, 0.3) is 11.5 Å². The molecule has 9 heteroatoms. The number of fused-ring (bicyclic) bond motifs is 2. The molecule has 1 aromatic carbocycles. The summed E-state index contributed by atoms with van der Waals surface area (Å²) in [5, 5.41) is 9.11. The summed E-state index contributed by atoms with van der Waals surface area (Å²) in [4.78, 5) is 38.2. The minimum atomic E-state index is -1.27. The van der Waals surface area contributed by atoms with Crippen LogP contribution in [0.15, 0.2) is 30.3 Å². The lowest BCUT2D eigenvalue weighted by Gasteiger charge is -2.43. The molecule has 138 valence electrons. The number of benzene rings is 1. The van der Waals surface area contributed by atoms with Crippen molar-refractivity contribution in [1.82, 2.24) is 9.38 Å². The van der Waals surface area contributed by atoms with E-state index in [4.69, 9.17) is 4.74 Å². The maximum Gasteiger partial charge on any atom is 0.327 e. The number of amides is 2. The van der Waals surface area contributed by atoms with E-state index in [1.807, 2.05) is 18.2 Å². The first-order valence-corrected chi connectivity index (χ1v) is 9.75. The number of thioether (sulfide) groups is 1. The predicted molar refractivity (Wildman–Crippen MR) is 99.4 cm³/mol. The van der Waals surface area contributed by atoms with Crippen molar-refractivity contribution in [3.63, 3.8) is 0 Å². The first kappa shape index (κ1) is 18.0. The lowest BCUT2D eigenvalue weighted by molar-refractivity contribution is -0.165. The maximum absolute atomic E-state index is 13.0. The van der Waals surface area contributed by atoms with Gasteiger partial charge < -0.3 is 10.0 Å². The highest BCUT2D eigenvalue weighted by Crippen LogP contribution is 2.72. The highest BCUT2D eigenvalue weighted by Gasteiger charge is 2.96. The second-order valence-electron chi connectivity index (χ2n) is 7.44. The molecule has 2 unspecified atom stereocenters. The number of hydrogen-bond donors (Lipinski definition) is 1. The molecule has 0 aliphatic carbocycles. The van der Waals surface area contributed by atoms with Crippen molar-refractivity contribution in [1.29, 1.82) is 0 Å². The van der Waals surface area contributed by atoms with Gasteiger partial charge in [-0.25, -0.2) is 9.59 Å². The predicted octanol–water partition coefficient (Wildman–Crippen LogP) is 1.74. The monoisotopic (exact) mass is 441 g/mol. The van der Waals surface area contributed by atoms with Gasteiger partial charge in [0.1, 0.15) is 17.1 Å². The van der Waals surface area contributed by atoms with Crippen LogP contribution in [0.2, 0.25) is 0 Å². The normalized spacial score (nSPS) is 39.1. The average molecular weight is 442 g/mol. The fourth-order valence-corrected chi connectivity index (χ4v) is 6.87. The average Bonchev–Trinajstić information content (AvgIpc) is 3.19. The number of β-lactam (4-membered cyclic amide) rings is 1. The summed E-state index contributed by atoms with van der Waals surface area (Å²) in [5.41, 5.74) is -0.593. The second kappa shape index (κ2) is 5.09. The number of carbonyl (C=O) groups is 3. The van der Waals surface area contributed by atoms with Crippen molar-refractivity contribution in [2.24, 2.45) is 0 Å². The summed E-state index contributed by atoms with van der Waals surface area (Å²) in [5.74, 6) is -1.43. The van der Waals surface area contributed by atoms with E-state index in [0.717, 1.165) is 6.41 Å². The molecule has 3 aliphatic rings. The van der Waals surface area contributed by atoms with Crippen LogP contribution in [0.5, 0.6) is 0 Å². The molecule has 26 heavy (non-hydrogen) atoms. The number of likely N-dealkylation sites (N-methyl/N-ethyl adjacent to an activating group) is 1. The fraction of sp³-hybridized carbons (Fsp3) is 0.471. The number of para-hydroxylation sites is 1. The van der Waals surface area contributed by atoms with Crippen molar-refractivity contribution in [2.45, 2.75) is 40.2 Å². The molecule has 3 aliphatic heterocycles. The van der Waals surface area contributed by atoms with Crippen molar-refractivity contribution < 1.29 is 24.2 Å². The Labute approximate surface area is 163 Å². The zero-order valence-corrected chi connectivity index (χ0v) is 16.8. The van der Waals surface area contributed by atoms with E-state index in [9.17, 15) is 19.5 Å². The van der Waals surface area contributed by atoms with Crippen LogP contribution >= 0.6 is 27.7 Å². The molecular weight excluding hydrogens is 424 g/mol. The Balaban J connectivity index is 1.75. The summed E-state index contributed by atoms with van der Waals surface area (Å²) in [6.07, 6.45) is 0.730. The third-order valence-electron chi connectivity index (χ3n) is 5.55. The highest BCUT2D eigenvalue weighted by atomic mass is 79.9. The third kappa shape index (κ3) is 1.79. The van der Waals surface area contributed by atoms with Crippen LogP contribution in [-0.4, -0.2) is 61.7 Å². The number of aliphatic carboxylic acids is 1. The van der Waals surface area contributed by atoms with Gasteiger partial charge in [-0.15, -0.1) is 11.8 Å². The van der Waals surface area contributed by atoms with Gasteiger partial charge in [0.05, 0.1) is 7.05 Å². The van der Waals surface area contributed by atoms with Gasteiger partial charge in [-0.3, -0.25) is 9.53 Å². The first-order valence-electron chi connectivity index (χ1n) is 8.07. The van der Waals surface area contributed by atoms with Gasteiger partial charge in [0, 0.05) is 20.7 Å². The van der Waals surface area contributed by atoms with Crippen LogP contribution in [0.4, 0.5) is 5.69 Å². The molecule has 1 aromatic rings. The largest absolute Gasteiger partial charge is 0.480 e. The molecule has 0 aromatic heterocycles. The molecule has 2 amide bonds. The summed E-state index contributed by atoms with van der Waals surface area (Å²) in [6, 6.07) is 8.11. The smallest absolute Gasteiger partial charge is 0.327 e. The van der Waals surface area contributed by atoms with Crippen molar-refractivity contribution in [2.75, 3.05) is 7.05 Å². The maximum atomic E-state index is 13.0. The molecule has 5 atom stereocenters. The van der Waals surface area contributed by atoms with E-state index in [-0.39, 0.29) is 4.48 Å². The number of carbonyl (C=O) groups excluding carboxylic acids is 2. The van der Waals surface area contributed by atoms with Crippen molar-refractivity contribution in [3.8, 4) is 0 Å². The molecule has 0 radical (unpaired) electrons. The topological polar surface area (TPSA) is 87.2 Å². The van der Waals surface area contributed by atoms with Crippen LogP contribution in [0.25, 0.3) is 0 Å². The van der Waals surface area contributed by atoms with Crippen molar-refractivity contribution in [3.05, 3.63) is 30.3 Å². The van der Waals surface area contributed by atoms with Crippen LogP contribution < -0.4 is 4.48 Å². The van der Waals surface area contributed by atoms with Gasteiger partial charge in [0.15, 0.2) is 0 Å². The number of alkyl halides is 1. The molecular formula is C17H18BrN2O5S+. The number of epoxide rings is 1. The first-order chi connectivity index (χ1) is 12.1. The molecule has 0 saturated carbocycles. The SMILES string of the molecule is CC1(C)S[C@H]2N(C(=O)[C@]23OC3(Br)[N+](C)(C=O)c2ccccc2)[C@H]1C(=O)O. The number of quaternary nitrogens is 1. The number of rotatable bonds is 4. The Morgan fingerprint density at radius 2 is 2.00 bits per heavy atom. The van der Waals surface area contributed by atoms with Gasteiger partial charge >= 0.3 is 17.0 Å². The van der Waals surface area contributed by atoms with Gasteiger partial charge in [0.2, 0.25) is 0 Å². The standard InChI is InChI=1S/C17H17BrN2O5S/c1-15(2)11(12(22)23)19-13(24)16(14(19)26-15)17(18,25-16)20(3,9-21)10-7-5-4-6-8-10/h4-9,11,14H,1-3H3/p+1/t11-,14+,16-,17?,20?/m0/s1. The zero-order chi connectivity index (χ0) is 19.1. The lowest BCUT2D eigenvalue weighted by Crippen LogP contribution is -2.73. The van der Waals surface area contributed by atoms with E-state index < -0.39 is 38.3 Å². The fourth-order valence-electron chi connectivity index (χ4n) is 4.07. The second-order valence-corrected chi connectivity index (χ2v) is 10.3. The summed E-state index contributed by atoms with van der Waals surface area (Å²) < 4.78 is 3.72. The number of carboxylic acid groups (broad SMARTS) is 1. The zero-order valence-electron chi connectivity index (χ0n) is 14.4. The Kier molecular flexibility index (Phi) is 3.52. The Bertz CT molecular complexity index is 836. The molecule has 1 spiro atoms. The quantitative estimate of drug-likeness (QED) is 0.191. The van der Waals surface area contributed by atoms with Crippen LogP contribution in [0.3, 0.4) is 0 Å². The van der Waals surface area contributed by atoms with E-state index in [1.165, 1.54) is 16.7 Å². The lowest BCUT2D eigenvalue weighted by atomic mass is 9.90. The van der Waals surface area contributed by atoms with E-state index in [2.05, 4.69) is 15.9 Å². The number of hydrogen-bond acceptors (Lipinski definition) is 5. The summed E-state index contributed by atoms with van der Waals surface area (Å²) in [7, 11) is 1.67. The Hall–Kier alpha value is -1.42. The molecule has 3 saturated heterocycles. The Morgan fingerprint density at radius 3 is 2.54 bits per heavy atom. The van der Waals surface area contributed by atoms with Gasteiger partial charge in [-0.2, -0.15) is 4.48 Å². The summed E-state index contributed by atoms with van der Waals surface area (Å²) in [6.45, 7) is 3.61. The number of nitrogens with zero attached hydrogens (tertiary/aromatic N) is 2. The molecule has 3 fully saturated rings. The molecule has 3 heterocycles. The van der Waals surface area contributed by atoms with Crippen LogP contribution in [0, 0.1) is 0 Å². The van der Waals surface area contributed by atoms with Gasteiger partial charge in [-0.05, 0) is 26.0 Å². The third-order valence-corrected chi connectivity index (χ3v) is 8.65. The number of ether oxygens (including phenoxy) is 1. The van der Waals surface area contributed by atoms with Crippen LogP contribution in [-0.2, 0) is 19.1 Å². The number of halogens is 1. The molecule has 0 bridgehead atoms. The van der Waals surface area contributed by atoms with E-state index >= 15 is 0 Å². The molecule has 1 N–H and O–H groups in total. The van der Waals surface area contributed by atoms with E-state index in [0.29, 0.717) is 5.69 Å².